The monoisotopic (exact) mass is 323 g/mol. The van der Waals surface area contributed by atoms with E-state index in [0.29, 0.717) is 12.5 Å². The molecule has 1 aliphatic carbocycles. The predicted molar refractivity (Wildman–Crippen MR) is 89.2 cm³/mol. The summed E-state index contributed by atoms with van der Waals surface area (Å²) in [6.45, 7) is 2.24. The van der Waals surface area contributed by atoms with Gasteiger partial charge in [0, 0.05) is 24.9 Å². The van der Waals surface area contributed by atoms with Crippen LogP contribution in [0.4, 0.5) is 0 Å². The first-order valence-corrected chi connectivity index (χ1v) is 8.33. The van der Waals surface area contributed by atoms with Crippen molar-refractivity contribution in [2.24, 2.45) is 0 Å². The second-order valence-corrected chi connectivity index (χ2v) is 6.45. The number of nitrogens with zero attached hydrogens (tertiary/aromatic N) is 5. The molecule has 0 bridgehead atoms. The maximum atomic E-state index is 5.32. The zero-order chi connectivity index (χ0) is 16.4. The number of imidazole rings is 1. The van der Waals surface area contributed by atoms with Gasteiger partial charge in [-0.05, 0) is 25.5 Å². The smallest absolute Gasteiger partial charge is 0.229 e. The number of hydrogen-bond donors (Lipinski definition) is 0. The molecule has 0 radical (unpaired) electrons. The summed E-state index contributed by atoms with van der Waals surface area (Å²) in [6, 6.07) is 10.4. The van der Waals surface area contributed by atoms with Crippen LogP contribution in [0.2, 0.25) is 0 Å². The van der Waals surface area contributed by atoms with Gasteiger partial charge in [0.2, 0.25) is 5.89 Å². The van der Waals surface area contributed by atoms with Crippen LogP contribution in [0, 0.1) is 0 Å². The normalized spacial score (nSPS) is 14.4. The fourth-order valence-electron chi connectivity index (χ4n) is 2.78. The molecular formula is C18H21N5O. The minimum absolute atomic E-state index is 0.501. The summed E-state index contributed by atoms with van der Waals surface area (Å²) < 4.78 is 7.50. The Balaban J connectivity index is 1.38. The van der Waals surface area contributed by atoms with Crippen LogP contribution < -0.4 is 0 Å². The Morgan fingerprint density at radius 2 is 2.04 bits per heavy atom. The van der Waals surface area contributed by atoms with E-state index >= 15 is 0 Å². The molecule has 0 atom stereocenters. The van der Waals surface area contributed by atoms with Crippen LogP contribution >= 0.6 is 0 Å². The molecule has 1 aromatic carbocycles. The fourth-order valence-corrected chi connectivity index (χ4v) is 2.78. The van der Waals surface area contributed by atoms with Crippen LogP contribution in [-0.4, -0.2) is 31.6 Å². The van der Waals surface area contributed by atoms with Crippen molar-refractivity contribution in [2.75, 3.05) is 7.05 Å². The average Bonchev–Trinajstić information content (AvgIpc) is 3.20. The molecule has 4 rings (SSSR count). The first-order chi connectivity index (χ1) is 11.8. The Morgan fingerprint density at radius 1 is 1.21 bits per heavy atom. The Hall–Kier alpha value is -2.47. The zero-order valence-electron chi connectivity index (χ0n) is 13.8. The van der Waals surface area contributed by atoms with Gasteiger partial charge in [-0.15, -0.1) is 0 Å². The highest BCUT2D eigenvalue weighted by atomic mass is 16.5. The lowest BCUT2D eigenvalue weighted by molar-refractivity contribution is 0.289. The van der Waals surface area contributed by atoms with E-state index in [1.807, 2.05) is 18.5 Å². The molecule has 1 fully saturated rings. The van der Waals surface area contributed by atoms with Gasteiger partial charge in [-0.3, -0.25) is 4.90 Å². The van der Waals surface area contributed by atoms with Gasteiger partial charge in [0.1, 0.15) is 5.82 Å². The number of benzene rings is 1. The summed E-state index contributed by atoms with van der Waals surface area (Å²) in [7, 11) is 2.05. The molecule has 1 aliphatic rings. The lowest BCUT2D eigenvalue weighted by Gasteiger charge is -2.15. The van der Waals surface area contributed by atoms with Crippen LogP contribution in [0.5, 0.6) is 0 Å². The number of rotatable bonds is 7. The molecule has 6 nitrogen and oxygen atoms in total. The summed E-state index contributed by atoms with van der Waals surface area (Å²) in [5.41, 5.74) is 1.27. The lowest BCUT2D eigenvalue weighted by Crippen LogP contribution is -2.21. The summed E-state index contributed by atoms with van der Waals surface area (Å²) in [5.74, 6) is 3.08. The second-order valence-electron chi connectivity index (χ2n) is 6.45. The van der Waals surface area contributed by atoms with E-state index in [0.717, 1.165) is 30.6 Å². The third-order valence-corrected chi connectivity index (χ3v) is 4.23. The van der Waals surface area contributed by atoms with Crippen LogP contribution in [0.25, 0.3) is 0 Å². The third-order valence-electron chi connectivity index (χ3n) is 4.23. The first kappa shape index (κ1) is 15.1. The Bertz CT molecular complexity index is 791. The Kier molecular flexibility index (Phi) is 4.13. The number of hydrogen-bond acceptors (Lipinski definition) is 5. The van der Waals surface area contributed by atoms with Crippen LogP contribution in [0.1, 0.15) is 41.9 Å². The lowest BCUT2D eigenvalue weighted by atomic mass is 10.2. The SMILES string of the molecule is CN(Cc1noc(C2CC2)n1)Cc1nccn1Cc1ccccc1. The molecular weight excluding hydrogens is 302 g/mol. The van der Waals surface area contributed by atoms with E-state index in [1.165, 1.54) is 18.4 Å². The molecule has 0 amide bonds. The fraction of sp³-hybridized carbons (Fsp3) is 0.389. The predicted octanol–water partition coefficient (Wildman–Crippen LogP) is 2.82. The van der Waals surface area contributed by atoms with Gasteiger partial charge in [0.05, 0.1) is 13.1 Å². The molecule has 0 aliphatic heterocycles. The van der Waals surface area contributed by atoms with E-state index in [-0.39, 0.29) is 0 Å². The molecule has 24 heavy (non-hydrogen) atoms. The maximum absolute atomic E-state index is 5.32. The van der Waals surface area contributed by atoms with E-state index < -0.39 is 0 Å². The minimum Gasteiger partial charge on any atom is -0.339 e. The maximum Gasteiger partial charge on any atom is 0.229 e. The van der Waals surface area contributed by atoms with Crippen molar-refractivity contribution in [1.29, 1.82) is 0 Å². The summed E-state index contributed by atoms with van der Waals surface area (Å²) >= 11 is 0. The van der Waals surface area contributed by atoms with Crippen molar-refractivity contribution < 1.29 is 4.52 Å². The topological polar surface area (TPSA) is 60.0 Å². The summed E-state index contributed by atoms with van der Waals surface area (Å²) in [4.78, 5) is 11.1. The van der Waals surface area contributed by atoms with Crippen molar-refractivity contribution in [3.63, 3.8) is 0 Å². The molecule has 0 saturated heterocycles. The van der Waals surface area contributed by atoms with Crippen molar-refractivity contribution in [3.8, 4) is 0 Å². The van der Waals surface area contributed by atoms with Gasteiger partial charge in [-0.2, -0.15) is 4.98 Å². The second kappa shape index (κ2) is 6.57. The molecule has 0 spiro atoms. The van der Waals surface area contributed by atoms with Gasteiger partial charge in [-0.25, -0.2) is 4.98 Å². The van der Waals surface area contributed by atoms with E-state index in [2.05, 4.69) is 55.9 Å². The third kappa shape index (κ3) is 3.54. The van der Waals surface area contributed by atoms with Gasteiger partial charge in [0.15, 0.2) is 5.82 Å². The number of aromatic nitrogens is 4. The van der Waals surface area contributed by atoms with Crippen molar-refractivity contribution in [3.05, 3.63) is 65.8 Å². The highest BCUT2D eigenvalue weighted by Crippen LogP contribution is 2.38. The minimum atomic E-state index is 0.501. The summed E-state index contributed by atoms with van der Waals surface area (Å²) in [6.07, 6.45) is 6.23. The largest absolute Gasteiger partial charge is 0.339 e. The quantitative estimate of drug-likeness (QED) is 0.669. The van der Waals surface area contributed by atoms with Crippen LogP contribution in [-0.2, 0) is 19.6 Å². The van der Waals surface area contributed by atoms with Crippen LogP contribution in [0.15, 0.2) is 47.2 Å². The highest BCUT2D eigenvalue weighted by molar-refractivity contribution is 5.15. The van der Waals surface area contributed by atoms with Gasteiger partial charge in [0.25, 0.3) is 0 Å². The van der Waals surface area contributed by atoms with E-state index in [1.54, 1.807) is 0 Å². The van der Waals surface area contributed by atoms with Gasteiger partial charge < -0.3 is 9.09 Å². The standard InChI is InChI=1S/C18H21N5O/c1-22(12-16-20-18(24-21-16)15-7-8-15)13-17-19-9-10-23(17)11-14-5-3-2-4-6-14/h2-6,9-10,15H,7-8,11-13H2,1H3. The average molecular weight is 323 g/mol. The van der Waals surface area contributed by atoms with Crippen molar-refractivity contribution >= 4 is 0 Å². The van der Waals surface area contributed by atoms with E-state index in [4.69, 9.17) is 4.52 Å². The molecule has 3 aromatic rings. The molecule has 6 heteroatoms. The first-order valence-electron chi connectivity index (χ1n) is 8.33. The van der Waals surface area contributed by atoms with Gasteiger partial charge in [-0.1, -0.05) is 35.5 Å². The molecule has 2 aromatic heterocycles. The van der Waals surface area contributed by atoms with Crippen molar-refractivity contribution in [1.82, 2.24) is 24.6 Å². The molecule has 2 heterocycles. The zero-order valence-corrected chi connectivity index (χ0v) is 13.8. The van der Waals surface area contributed by atoms with Crippen molar-refractivity contribution in [2.45, 2.75) is 38.4 Å². The Morgan fingerprint density at radius 3 is 2.83 bits per heavy atom. The molecule has 124 valence electrons. The van der Waals surface area contributed by atoms with Crippen LogP contribution in [0.3, 0.4) is 0 Å². The summed E-state index contributed by atoms with van der Waals surface area (Å²) in [5, 5.41) is 4.08. The highest BCUT2D eigenvalue weighted by Gasteiger charge is 2.29. The molecule has 0 unspecified atom stereocenters. The van der Waals surface area contributed by atoms with Gasteiger partial charge >= 0.3 is 0 Å². The van der Waals surface area contributed by atoms with E-state index in [9.17, 15) is 0 Å². The Labute approximate surface area is 141 Å². The molecule has 0 N–H and O–H groups in total. The molecule has 1 saturated carbocycles.